The maximum atomic E-state index is 11.6. The molecule has 0 bridgehead atoms. The normalized spacial score (nSPS) is 9.65. The molecular formula is C17H30O3. The molecule has 3 nitrogen and oxygen atoms in total. The molecular weight excluding hydrogens is 252 g/mol. The molecule has 0 N–H and O–H groups in total. The lowest BCUT2D eigenvalue weighted by atomic mass is 9.91. The van der Waals surface area contributed by atoms with Crippen LogP contribution >= 0.6 is 0 Å². The summed E-state index contributed by atoms with van der Waals surface area (Å²) in [6.07, 6.45) is 0.769. The molecule has 0 atom stereocenters. The quantitative estimate of drug-likeness (QED) is 0.560. The number of benzene rings is 1. The van der Waals surface area contributed by atoms with Crippen molar-refractivity contribution in [3.63, 3.8) is 0 Å². The molecule has 1 rings (SSSR count). The van der Waals surface area contributed by atoms with Crippen LogP contribution < -0.4 is 4.74 Å². The van der Waals surface area contributed by atoms with Gasteiger partial charge in [-0.15, -0.1) is 0 Å². The second kappa shape index (κ2) is 11.3. The topological polar surface area (TPSA) is 35.5 Å². The van der Waals surface area contributed by atoms with Crippen LogP contribution in [-0.2, 0) is 9.53 Å². The number of para-hydroxylation sites is 1. The highest BCUT2D eigenvalue weighted by molar-refractivity contribution is 5.75. The van der Waals surface area contributed by atoms with E-state index in [1.54, 1.807) is 0 Å². The number of rotatable bonds is 6. The third-order valence-corrected chi connectivity index (χ3v) is 2.76. The van der Waals surface area contributed by atoms with Crippen LogP contribution in [0.25, 0.3) is 0 Å². The summed E-state index contributed by atoms with van der Waals surface area (Å²) in [7, 11) is 0. The summed E-state index contributed by atoms with van der Waals surface area (Å²) in [4.78, 5) is 11.6. The molecule has 116 valence electrons. The van der Waals surface area contributed by atoms with Crippen molar-refractivity contribution in [3.8, 4) is 5.75 Å². The highest BCUT2D eigenvalue weighted by Crippen LogP contribution is 2.21. The molecule has 0 amide bonds. The van der Waals surface area contributed by atoms with Crippen LogP contribution in [-0.4, -0.2) is 19.2 Å². The third-order valence-electron chi connectivity index (χ3n) is 2.76. The van der Waals surface area contributed by atoms with Crippen LogP contribution in [0.1, 0.15) is 48.5 Å². The van der Waals surface area contributed by atoms with Gasteiger partial charge in [-0.3, -0.25) is 4.79 Å². The molecule has 0 saturated heterocycles. The second-order valence-electron chi connectivity index (χ2n) is 4.53. The number of esters is 1. The van der Waals surface area contributed by atoms with Crippen molar-refractivity contribution in [1.82, 2.24) is 0 Å². The molecule has 1 aromatic rings. The van der Waals surface area contributed by atoms with E-state index in [9.17, 15) is 4.79 Å². The van der Waals surface area contributed by atoms with Gasteiger partial charge >= 0.3 is 5.97 Å². The molecule has 0 fully saturated rings. The van der Waals surface area contributed by atoms with Crippen molar-refractivity contribution in [2.24, 2.45) is 5.41 Å². The first-order chi connectivity index (χ1) is 9.06. The molecule has 0 heterocycles. The second-order valence-corrected chi connectivity index (χ2v) is 4.53. The van der Waals surface area contributed by atoms with Gasteiger partial charge in [-0.25, -0.2) is 0 Å². The minimum absolute atomic E-state index is 0. The molecule has 0 aromatic heterocycles. The Labute approximate surface area is 124 Å². The van der Waals surface area contributed by atoms with E-state index >= 15 is 0 Å². The zero-order valence-electron chi connectivity index (χ0n) is 12.7. The molecule has 1 aromatic carbocycles. The van der Waals surface area contributed by atoms with E-state index in [-0.39, 0.29) is 20.0 Å². The van der Waals surface area contributed by atoms with Crippen molar-refractivity contribution >= 4 is 5.97 Å². The van der Waals surface area contributed by atoms with Crippen LogP contribution in [0.5, 0.6) is 5.75 Å². The highest BCUT2D eigenvalue weighted by atomic mass is 16.6. The molecule has 0 radical (unpaired) electrons. The number of carbonyl (C=O) groups is 1. The summed E-state index contributed by atoms with van der Waals surface area (Å²) < 4.78 is 10.6. The maximum Gasteiger partial charge on any atom is 0.311 e. The number of hydrogen-bond donors (Lipinski definition) is 0. The number of ether oxygens (including phenoxy) is 2. The van der Waals surface area contributed by atoms with Crippen LogP contribution in [0.3, 0.4) is 0 Å². The van der Waals surface area contributed by atoms with Gasteiger partial charge in [-0.1, -0.05) is 46.4 Å². The Morgan fingerprint density at radius 1 is 1.10 bits per heavy atom. The fraction of sp³-hybridized carbons (Fsp3) is 0.588. The van der Waals surface area contributed by atoms with Crippen molar-refractivity contribution in [3.05, 3.63) is 30.3 Å². The van der Waals surface area contributed by atoms with Gasteiger partial charge in [0.15, 0.2) is 0 Å². The number of hydrogen-bond acceptors (Lipinski definition) is 3. The fourth-order valence-electron chi connectivity index (χ4n) is 1.15. The van der Waals surface area contributed by atoms with Gasteiger partial charge in [0.2, 0.25) is 0 Å². The Morgan fingerprint density at radius 2 is 1.65 bits per heavy atom. The van der Waals surface area contributed by atoms with Crippen LogP contribution in [0.4, 0.5) is 0 Å². The van der Waals surface area contributed by atoms with Gasteiger partial charge in [0, 0.05) is 0 Å². The Kier molecular flexibility index (Phi) is 11.8. The Hall–Kier alpha value is -1.51. The van der Waals surface area contributed by atoms with Crippen molar-refractivity contribution in [2.75, 3.05) is 13.2 Å². The molecule has 0 spiro atoms. The largest absolute Gasteiger partial charge is 0.490 e. The smallest absolute Gasteiger partial charge is 0.311 e. The summed E-state index contributed by atoms with van der Waals surface area (Å²) in [6, 6.07) is 9.48. The highest BCUT2D eigenvalue weighted by Gasteiger charge is 2.26. The molecule has 0 aliphatic carbocycles. The molecule has 0 aliphatic heterocycles. The maximum absolute atomic E-state index is 11.6. The average molecular weight is 282 g/mol. The van der Waals surface area contributed by atoms with E-state index in [4.69, 9.17) is 9.47 Å². The van der Waals surface area contributed by atoms with Crippen LogP contribution in [0.2, 0.25) is 0 Å². The molecule has 0 saturated carbocycles. The SMILES string of the molecule is C.CC.CCC(C)(C)C(=O)OCCOc1ccccc1. The first-order valence-electron chi connectivity index (χ1n) is 6.91. The zero-order chi connectivity index (χ0) is 14.7. The van der Waals surface area contributed by atoms with Gasteiger partial charge < -0.3 is 9.47 Å². The molecule has 0 aliphatic rings. The Bertz CT molecular complexity index is 345. The lowest BCUT2D eigenvalue weighted by molar-refractivity contribution is -0.154. The monoisotopic (exact) mass is 282 g/mol. The third kappa shape index (κ3) is 7.82. The van der Waals surface area contributed by atoms with Crippen LogP contribution in [0.15, 0.2) is 30.3 Å². The Balaban J connectivity index is 0. The summed E-state index contributed by atoms with van der Waals surface area (Å²) in [5.74, 6) is 0.620. The van der Waals surface area contributed by atoms with Crippen molar-refractivity contribution in [2.45, 2.75) is 48.5 Å². The minimum Gasteiger partial charge on any atom is -0.490 e. The van der Waals surface area contributed by atoms with E-state index in [0.29, 0.717) is 6.61 Å². The lowest BCUT2D eigenvalue weighted by Crippen LogP contribution is -2.27. The van der Waals surface area contributed by atoms with Crippen molar-refractivity contribution in [1.29, 1.82) is 0 Å². The first kappa shape index (κ1) is 20.8. The first-order valence-corrected chi connectivity index (χ1v) is 6.91. The fourth-order valence-corrected chi connectivity index (χ4v) is 1.15. The molecule has 0 unspecified atom stereocenters. The Morgan fingerprint density at radius 3 is 2.15 bits per heavy atom. The summed E-state index contributed by atoms with van der Waals surface area (Å²) in [6.45, 7) is 10.4. The standard InChI is InChI=1S/C14H20O3.C2H6.CH4/c1-4-14(2,3)13(15)17-11-10-16-12-8-6-5-7-9-12;1-2;/h5-9H,4,10-11H2,1-3H3;1-2H3;1H4. The van der Waals surface area contributed by atoms with Gasteiger partial charge in [0.05, 0.1) is 5.41 Å². The van der Waals surface area contributed by atoms with Gasteiger partial charge in [0.1, 0.15) is 19.0 Å². The van der Waals surface area contributed by atoms with Crippen molar-refractivity contribution < 1.29 is 14.3 Å². The predicted molar refractivity (Wildman–Crippen MR) is 85.0 cm³/mol. The molecule has 20 heavy (non-hydrogen) atoms. The minimum atomic E-state index is -0.410. The lowest BCUT2D eigenvalue weighted by Gasteiger charge is -2.20. The summed E-state index contributed by atoms with van der Waals surface area (Å²) in [5, 5.41) is 0. The molecule has 3 heteroatoms. The average Bonchev–Trinajstić information content (AvgIpc) is 2.46. The van der Waals surface area contributed by atoms with Gasteiger partial charge in [0.25, 0.3) is 0 Å². The summed E-state index contributed by atoms with van der Waals surface area (Å²) in [5.41, 5.74) is -0.410. The zero-order valence-corrected chi connectivity index (χ0v) is 12.7. The van der Waals surface area contributed by atoms with E-state index in [2.05, 4.69) is 0 Å². The van der Waals surface area contributed by atoms with E-state index < -0.39 is 5.41 Å². The van der Waals surface area contributed by atoms with Gasteiger partial charge in [-0.05, 0) is 32.4 Å². The van der Waals surface area contributed by atoms with E-state index in [0.717, 1.165) is 12.2 Å². The number of carbonyl (C=O) groups excluding carboxylic acids is 1. The van der Waals surface area contributed by atoms with E-state index in [1.807, 2.05) is 65.0 Å². The van der Waals surface area contributed by atoms with Crippen LogP contribution in [0, 0.1) is 5.41 Å². The predicted octanol–water partition coefficient (Wildman–Crippen LogP) is 4.71. The van der Waals surface area contributed by atoms with E-state index in [1.165, 1.54) is 0 Å². The summed E-state index contributed by atoms with van der Waals surface area (Å²) >= 11 is 0. The van der Waals surface area contributed by atoms with Gasteiger partial charge in [-0.2, -0.15) is 0 Å².